The van der Waals surface area contributed by atoms with Crippen LogP contribution >= 0.6 is 0 Å². The lowest BCUT2D eigenvalue weighted by Crippen LogP contribution is -2.27. The molecular weight excluding hydrogens is 364 g/mol. The zero-order valence-corrected chi connectivity index (χ0v) is 14.9. The zero-order chi connectivity index (χ0) is 20.1. The first-order valence-electron chi connectivity index (χ1n) is 8.21. The number of amides is 1. The van der Waals surface area contributed by atoms with Crippen LogP contribution in [0.4, 0.5) is 11.4 Å². The van der Waals surface area contributed by atoms with E-state index in [1.165, 1.54) is 41.2 Å². The molecule has 1 amide bonds. The summed E-state index contributed by atoms with van der Waals surface area (Å²) >= 11 is 0. The van der Waals surface area contributed by atoms with Gasteiger partial charge in [-0.05, 0) is 36.4 Å². The fraction of sp³-hybridized carbons (Fsp3) is 0.105. The highest BCUT2D eigenvalue weighted by Gasteiger charge is 2.09. The minimum atomic E-state index is -0.527. The van der Waals surface area contributed by atoms with Gasteiger partial charge in [-0.25, -0.2) is 4.98 Å². The minimum absolute atomic E-state index is 0.0764. The van der Waals surface area contributed by atoms with Gasteiger partial charge in [-0.1, -0.05) is 0 Å². The van der Waals surface area contributed by atoms with Crippen molar-refractivity contribution >= 4 is 17.3 Å². The van der Waals surface area contributed by atoms with Crippen LogP contribution in [0.15, 0.2) is 65.7 Å². The standard InChI is InChI=1S/C19H16N4O5/c1-28-16-8-2-13(3-9-16)17-10-19(25)22(12-20-17)11-18(24)21-14-4-6-15(7-5-14)23(26)27/h2-10,12H,11H2,1H3,(H,21,24). The van der Waals surface area contributed by atoms with Crippen molar-refractivity contribution < 1.29 is 14.5 Å². The number of aromatic nitrogens is 2. The summed E-state index contributed by atoms with van der Waals surface area (Å²) in [5, 5.41) is 13.2. The van der Waals surface area contributed by atoms with Crippen LogP contribution in [0, 0.1) is 10.1 Å². The van der Waals surface area contributed by atoms with Crippen LogP contribution in [-0.4, -0.2) is 27.5 Å². The minimum Gasteiger partial charge on any atom is -0.497 e. The molecule has 0 unspecified atom stereocenters. The average molecular weight is 380 g/mol. The van der Waals surface area contributed by atoms with E-state index in [-0.39, 0.29) is 17.8 Å². The second-order valence-corrected chi connectivity index (χ2v) is 5.82. The number of nitrogens with zero attached hydrogens (tertiary/aromatic N) is 3. The molecule has 142 valence electrons. The Labute approximate surface area is 159 Å². The van der Waals surface area contributed by atoms with Gasteiger partial charge in [0, 0.05) is 29.4 Å². The smallest absolute Gasteiger partial charge is 0.269 e. The average Bonchev–Trinajstić information content (AvgIpc) is 2.70. The van der Waals surface area contributed by atoms with Gasteiger partial charge in [0.15, 0.2) is 0 Å². The number of nitro benzene ring substituents is 1. The molecule has 0 saturated carbocycles. The molecule has 0 bridgehead atoms. The van der Waals surface area contributed by atoms with Crippen molar-refractivity contribution in [3.05, 3.63) is 81.4 Å². The Morgan fingerprint density at radius 3 is 2.43 bits per heavy atom. The monoisotopic (exact) mass is 380 g/mol. The fourth-order valence-corrected chi connectivity index (χ4v) is 2.49. The van der Waals surface area contributed by atoms with E-state index in [2.05, 4.69) is 10.3 Å². The number of anilines is 1. The lowest BCUT2D eigenvalue weighted by atomic mass is 10.1. The van der Waals surface area contributed by atoms with Crippen LogP contribution in [0.25, 0.3) is 11.3 Å². The van der Waals surface area contributed by atoms with Crippen LogP contribution < -0.4 is 15.6 Å². The lowest BCUT2D eigenvalue weighted by Gasteiger charge is -2.08. The van der Waals surface area contributed by atoms with E-state index in [0.29, 0.717) is 17.1 Å². The number of non-ortho nitro benzene ring substituents is 1. The maximum absolute atomic E-state index is 12.3. The molecule has 1 heterocycles. The van der Waals surface area contributed by atoms with Crippen molar-refractivity contribution in [2.45, 2.75) is 6.54 Å². The van der Waals surface area contributed by atoms with Gasteiger partial charge < -0.3 is 10.1 Å². The molecule has 0 aliphatic rings. The van der Waals surface area contributed by atoms with E-state index in [1.54, 1.807) is 31.4 Å². The number of carbonyl (C=O) groups excluding carboxylic acids is 1. The third-order valence-corrected chi connectivity index (χ3v) is 3.94. The second kappa shape index (κ2) is 8.12. The number of hydrogen-bond donors (Lipinski definition) is 1. The van der Waals surface area contributed by atoms with Gasteiger partial charge in [0.25, 0.3) is 11.2 Å². The van der Waals surface area contributed by atoms with Crippen LogP contribution in [0.5, 0.6) is 5.75 Å². The third-order valence-electron chi connectivity index (χ3n) is 3.94. The van der Waals surface area contributed by atoms with Crippen molar-refractivity contribution in [2.75, 3.05) is 12.4 Å². The molecule has 28 heavy (non-hydrogen) atoms. The fourth-order valence-electron chi connectivity index (χ4n) is 2.49. The molecule has 3 rings (SSSR count). The van der Waals surface area contributed by atoms with Crippen molar-refractivity contribution in [1.29, 1.82) is 0 Å². The summed E-state index contributed by atoms with van der Waals surface area (Å²) in [6.07, 6.45) is 1.30. The Bertz CT molecular complexity index is 1060. The third kappa shape index (κ3) is 4.39. The van der Waals surface area contributed by atoms with Crippen LogP contribution in [-0.2, 0) is 11.3 Å². The predicted octanol–water partition coefficient (Wildman–Crippen LogP) is 2.47. The Morgan fingerprint density at radius 1 is 1.18 bits per heavy atom. The normalized spacial score (nSPS) is 10.3. The maximum Gasteiger partial charge on any atom is 0.269 e. The predicted molar refractivity (Wildman–Crippen MR) is 102 cm³/mol. The molecule has 0 aliphatic heterocycles. The van der Waals surface area contributed by atoms with E-state index in [4.69, 9.17) is 4.74 Å². The van der Waals surface area contributed by atoms with E-state index in [0.717, 1.165) is 5.56 Å². The number of methoxy groups -OCH3 is 1. The highest BCUT2D eigenvalue weighted by Crippen LogP contribution is 2.19. The van der Waals surface area contributed by atoms with Crippen LogP contribution in [0.2, 0.25) is 0 Å². The quantitative estimate of drug-likeness (QED) is 0.519. The zero-order valence-electron chi connectivity index (χ0n) is 14.9. The molecule has 3 aromatic rings. The van der Waals surface area contributed by atoms with Gasteiger partial charge in [0.2, 0.25) is 5.91 Å². The van der Waals surface area contributed by atoms with Gasteiger partial charge in [0.05, 0.1) is 24.1 Å². The first-order valence-corrected chi connectivity index (χ1v) is 8.21. The molecule has 9 nitrogen and oxygen atoms in total. The van der Waals surface area contributed by atoms with Crippen molar-refractivity contribution in [3.8, 4) is 17.0 Å². The number of nitrogens with one attached hydrogen (secondary N) is 1. The number of nitro groups is 1. The number of ether oxygens (including phenoxy) is 1. The summed E-state index contributed by atoms with van der Waals surface area (Å²) in [5.41, 5.74) is 1.18. The second-order valence-electron chi connectivity index (χ2n) is 5.82. The Hall–Kier alpha value is -4.01. The first-order chi connectivity index (χ1) is 13.5. The molecule has 2 aromatic carbocycles. The molecule has 0 spiro atoms. The number of rotatable bonds is 6. The van der Waals surface area contributed by atoms with E-state index in [1.807, 2.05) is 0 Å². The Morgan fingerprint density at radius 2 is 1.86 bits per heavy atom. The SMILES string of the molecule is COc1ccc(-c2cc(=O)n(CC(=O)Nc3ccc([N+](=O)[O-])cc3)cn2)cc1. The largest absolute Gasteiger partial charge is 0.497 e. The van der Waals surface area contributed by atoms with Gasteiger partial charge >= 0.3 is 0 Å². The first kappa shape index (κ1) is 18.8. The molecule has 0 saturated heterocycles. The molecule has 9 heteroatoms. The van der Waals surface area contributed by atoms with Crippen LogP contribution in [0.1, 0.15) is 0 Å². The molecule has 0 atom stereocenters. The Balaban J connectivity index is 1.69. The summed E-state index contributed by atoms with van der Waals surface area (Å²) < 4.78 is 6.27. The highest BCUT2D eigenvalue weighted by molar-refractivity contribution is 5.90. The number of hydrogen-bond acceptors (Lipinski definition) is 6. The van der Waals surface area contributed by atoms with Crippen molar-refractivity contribution in [1.82, 2.24) is 9.55 Å². The summed E-state index contributed by atoms with van der Waals surface area (Å²) in [6.45, 7) is -0.230. The van der Waals surface area contributed by atoms with Crippen molar-refractivity contribution in [3.63, 3.8) is 0 Å². The van der Waals surface area contributed by atoms with E-state index < -0.39 is 10.8 Å². The molecule has 0 fully saturated rings. The van der Waals surface area contributed by atoms with Gasteiger partial charge in [0.1, 0.15) is 12.3 Å². The molecule has 1 N–H and O–H groups in total. The van der Waals surface area contributed by atoms with Crippen LogP contribution in [0.3, 0.4) is 0 Å². The lowest BCUT2D eigenvalue weighted by molar-refractivity contribution is -0.384. The molecule has 1 aromatic heterocycles. The van der Waals surface area contributed by atoms with E-state index in [9.17, 15) is 19.7 Å². The molecular formula is C19H16N4O5. The summed E-state index contributed by atoms with van der Waals surface area (Å²) in [7, 11) is 1.57. The number of benzene rings is 2. The van der Waals surface area contributed by atoms with Gasteiger partial charge in [-0.15, -0.1) is 0 Å². The summed E-state index contributed by atoms with van der Waals surface area (Å²) in [4.78, 5) is 38.8. The molecule has 0 radical (unpaired) electrons. The maximum atomic E-state index is 12.3. The summed E-state index contributed by atoms with van der Waals surface area (Å²) in [6, 6.07) is 13.9. The van der Waals surface area contributed by atoms with Gasteiger partial charge in [-0.2, -0.15) is 0 Å². The topological polar surface area (TPSA) is 116 Å². The Kier molecular flexibility index (Phi) is 5.45. The number of carbonyl (C=O) groups is 1. The molecule has 0 aliphatic carbocycles. The van der Waals surface area contributed by atoms with E-state index >= 15 is 0 Å². The van der Waals surface area contributed by atoms with Crippen molar-refractivity contribution in [2.24, 2.45) is 0 Å². The van der Waals surface area contributed by atoms with Gasteiger partial charge in [-0.3, -0.25) is 24.3 Å². The highest BCUT2D eigenvalue weighted by atomic mass is 16.6. The summed E-state index contributed by atoms with van der Waals surface area (Å²) in [5.74, 6) is 0.245.